The van der Waals surface area contributed by atoms with Gasteiger partial charge in [0.05, 0.1) is 10.9 Å². The Morgan fingerprint density at radius 1 is 1.10 bits per heavy atom. The van der Waals surface area contributed by atoms with Crippen LogP contribution in [0.2, 0.25) is 5.02 Å². The molecular weight excluding hydrogens is 303 g/mol. The van der Waals surface area contributed by atoms with E-state index in [-0.39, 0.29) is 5.41 Å². The Bertz CT molecular complexity index is 642. The highest BCUT2D eigenvalue weighted by Gasteiger charge is 2.16. The lowest BCUT2D eigenvalue weighted by atomic mass is 9.86. The van der Waals surface area contributed by atoms with Crippen molar-refractivity contribution < 1.29 is 4.74 Å². The second-order valence-electron chi connectivity index (χ2n) is 6.19. The highest BCUT2D eigenvalue weighted by atomic mass is 35.5. The van der Waals surface area contributed by atoms with Crippen molar-refractivity contribution in [3.63, 3.8) is 0 Å². The molecule has 0 saturated heterocycles. The molecule has 0 unspecified atom stereocenters. The Balaban J connectivity index is 2.37. The average molecular weight is 323 g/mol. The number of ether oxygens (including phenoxy) is 1. The molecular formula is C18H20Cl2O. The fraction of sp³-hybridized carbons (Fsp3) is 0.333. The molecule has 0 aromatic heterocycles. The summed E-state index contributed by atoms with van der Waals surface area (Å²) in [6.07, 6.45) is 0. The van der Waals surface area contributed by atoms with E-state index in [0.29, 0.717) is 16.7 Å². The van der Waals surface area contributed by atoms with Crippen LogP contribution in [0.4, 0.5) is 0 Å². The van der Waals surface area contributed by atoms with Gasteiger partial charge in [0.15, 0.2) is 0 Å². The van der Waals surface area contributed by atoms with Gasteiger partial charge in [-0.3, -0.25) is 0 Å². The fourth-order valence-corrected chi connectivity index (χ4v) is 2.56. The van der Waals surface area contributed by atoms with Crippen LogP contribution in [0, 0.1) is 6.92 Å². The standard InChI is InChI=1S/C18H20Cl2O/c1-12-10-14(18(2,3)4)8-9-16(12)21-17-13(11-19)6-5-7-15(17)20/h5-10H,11H2,1-4H3. The van der Waals surface area contributed by atoms with Gasteiger partial charge in [0.2, 0.25) is 0 Å². The van der Waals surface area contributed by atoms with E-state index in [1.165, 1.54) is 5.56 Å². The number of alkyl halides is 1. The van der Waals surface area contributed by atoms with E-state index < -0.39 is 0 Å². The Hall–Kier alpha value is -1.18. The Kier molecular flexibility index (Phi) is 4.85. The summed E-state index contributed by atoms with van der Waals surface area (Å²) in [5, 5.41) is 0.576. The van der Waals surface area contributed by atoms with Crippen LogP contribution >= 0.6 is 23.2 Å². The van der Waals surface area contributed by atoms with Gasteiger partial charge < -0.3 is 4.74 Å². The fourth-order valence-electron chi connectivity index (χ4n) is 2.11. The summed E-state index contributed by atoms with van der Waals surface area (Å²) in [6, 6.07) is 11.9. The van der Waals surface area contributed by atoms with E-state index in [2.05, 4.69) is 32.9 Å². The zero-order valence-corrected chi connectivity index (χ0v) is 14.3. The van der Waals surface area contributed by atoms with Gasteiger partial charge in [0.25, 0.3) is 0 Å². The van der Waals surface area contributed by atoms with Gasteiger partial charge in [0, 0.05) is 5.56 Å². The minimum atomic E-state index is 0.120. The molecule has 0 aliphatic carbocycles. The topological polar surface area (TPSA) is 9.23 Å². The predicted octanol–water partition coefficient (Wildman–Crippen LogP) is 6.48. The first-order chi connectivity index (χ1) is 9.82. The first kappa shape index (κ1) is 16.2. The minimum absolute atomic E-state index is 0.120. The maximum absolute atomic E-state index is 6.23. The van der Waals surface area contributed by atoms with Crippen molar-refractivity contribution in [2.24, 2.45) is 0 Å². The van der Waals surface area contributed by atoms with Crippen LogP contribution in [0.3, 0.4) is 0 Å². The molecule has 112 valence electrons. The van der Waals surface area contributed by atoms with Crippen LogP contribution in [0.5, 0.6) is 11.5 Å². The summed E-state index contributed by atoms with van der Waals surface area (Å²) in [7, 11) is 0. The first-order valence-corrected chi connectivity index (χ1v) is 7.86. The lowest BCUT2D eigenvalue weighted by Gasteiger charge is -2.21. The molecule has 1 nitrogen and oxygen atoms in total. The molecule has 0 amide bonds. The molecule has 0 spiro atoms. The summed E-state index contributed by atoms with van der Waals surface area (Å²) in [4.78, 5) is 0. The number of hydrogen-bond acceptors (Lipinski definition) is 1. The number of rotatable bonds is 3. The summed E-state index contributed by atoms with van der Waals surface area (Å²) >= 11 is 12.2. The Labute approximate surface area is 136 Å². The normalized spacial score (nSPS) is 11.5. The van der Waals surface area contributed by atoms with E-state index in [0.717, 1.165) is 16.9 Å². The molecule has 3 heteroatoms. The molecule has 0 bridgehead atoms. The molecule has 0 aliphatic heterocycles. The monoisotopic (exact) mass is 322 g/mol. The van der Waals surface area contributed by atoms with E-state index >= 15 is 0 Å². The number of aryl methyl sites for hydroxylation is 1. The number of benzene rings is 2. The van der Waals surface area contributed by atoms with Gasteiger partial charge in [-0.2, -0.15) is 0 Å². The van der Waals surface area contributed by atoms with Crippen LogP contribution in [-0.4, -0.2) is 0 Å². The summed E-state index contributed by atoms with van der Waals surface area (Å²) < 4.78 is 6.01. The van der Waals surface area contributed by atoms with Crippen molar-refractivity contribution >= 4 is 23.2 Å². The smallest absolute Gasteiger partial charge is 0.150 e. The summed E-state index contributed by atoms with van der Waals surface area (Å²) in [5.74, 6) is 1.82. The van der Waals surface area contributed by atoms with Crippen molar-refractivity contribution in [3.05, 3.63) is 58.1 Å². The van der Waals surface area contributed by atoms with Crippen LogP contribution in [0.25, 0.3) is 0 Å². The third-order valence-corrected chi connectivity index (χ3v) is 4.03. The molecule has 2 aromatic carbocycles. The van der Waals surface area contributed by atoms with Crippen LogP contribution in [0.1, 0.15) is 37.5 Å². The molecule has 0 radical (unpaired) electrons. The number of para-hydroxylation sites is 1. The molecule has 2 rings (SSSR count). The minimum Gasteiger partial charge on any atom is -0.455 e. The second kappa shape index (κ2) is 6.29. The molecule has 0 heterocycles. The predicted molar refractivity (Wildman–Crippen MR) is 91.0 cm³/mol. The maximum atomic E-state index is 6.23. The molecule has 2 aromatic rings. The Morgan fingerprint density at radius 2 is 1.81 bits per heavy atom. The maximum Gasteiger partial charge on any atom is 0.150 e. The van der Waals surface area contributed by atoms with Crippen LogP contribution < -0.4 is 4.74 Å². The van der Waals surface area contributed by atoms with E-state index in [4.69, 9.17) is 27.9 Å². The third-order valence-electron chi connectivity index (χ3n) is 3.45. The van der Waals surface area contributed by atoms with Crippen molar-refractivity contribution in [2.75, 3.05) is 0 Å². The Morgan fingerprint density at radius 3 is 2.38 bits per heavy atom. The van der Waals surface area contributed by atoms with Gasteiger partial charge in [-0.25, -0.2) is 0 Å². The van der Waals surface area contributed by atoms with Crippen molar-refractivity contribution in [2.45, 2.75) is 39.0 Å². The molecule has 0 aliphatic rings. The molecule has 0 saturated carbocycles. The summed E-state index contributed by atoms with van der Waals surface area (Å²) in [6.45, 7) is 8.63. The van der Waals surface area contributed by atoms with Crippen molar-refractivity contribution in [1.29, 1.82) is 0 Å². The highest BCUT2D eigenvalue weighted by molar-refractivity contribution is 6.32. The zero-order chi connectivity index (χ0) is 15.6. The van der Waals surface area contributed by atoms with Gasteiger partial charge in [0.1, 0.15) is 11.5 Å². The molecule has 0 N–H and O–H groups in total. The van der Waals surface area contributed by atoms with Crippen LogP contribution in [-0.2, 0) is 11.3 Å². The zero-order valence-electron chi connectivity index (χ0n) is 12.8. The van der Waals surface area contributed by atoms with Crippen LogP contribution in [0.15, 0.2) is 36.4 Å². The number of hydrogen-bond donors (Lipinski definition) is 0. The van der Waals surface area contributed by atoms with Crippen molar-refractivity contribution in [1.82, 2.24) is 0 Å². The van der Waals surface area contributed by atoms with E-state index in [1.807, 2.05) is 31.2 Å². The summed E-state index contributed by atoms with van der Waals surface area (Å²) in [5.41, 5.74) is 3.38. The molecule has 0 atom stereocenters. The number of halogens is 2. The molecule has 21 heavy (non-hydrogen) atoms. The van der Waals surface area contributed by atoms with Crippen molar-refractivity contribution in [3.8, 4) is 11.5 Å². The van der Waals surface area contributed by atoms with E-state index in [1.54, 1.807) is 0 Å². The quantitative estimate of drug-likeness (QED) is 0.588. The average Bonchev–Trinajstić information content (AvgIpc) is 2.41. The van der Waals surface area contributed by atoms with Gasteiger partial charge >= 0.3 is 0 Å². The SMILES string of the molecule is Cc1cc(C(C)(C)C)ccc1Oc1c(Cl)cccc1CCl. The third kappa shape index (κ3) is 3.72. The highest BCUT2D eigenvalue weighted by Crippen LogP contribution is 2.36. The first-order valence-electron chi connectivity index (χ1n) is 6.95. The van der Waals surface area contributed by atoms with Gasteiger partial charge in [-0.1, -0.05) is 56.6 Å². The van der Waals surface area contributed by atoms with Gasteiger partial charge in [-0.15, -0.1) is 11.6 Å². The largest absolute Gasteiger partial charge is 0.455 e. The lowest BCUT2D eigenvalue weighted by Crippen LogP contribution is -2.11. The molecule has 0 fully saturated rings. The second-order valence-corrected chi connectivity index (χ2v) is 6.87. The van der Waals surface area contributed by atoms with Gasteiger partial charge in [-0.05, 0) is 35.6 Å². The lowest BCUT2D eigenvalue weighted by molar-refractivity contribution is 0.473. The van der Waals surface area contributed by atoms with E-state index in [9.17, 15) is 0 Å².